The van der Waals surface area contributed by atoms with Crippen LogP contribution in [0.25, 0.3) is 10.9 Å². The lowest BCUT2D eigenvalue weighted by Crippen LogP contribution is -2.45. The highest BCUT2D eigenvalue weighted by Gasteiger charge is 2.26. The molecule has 1 aliphatic rings. The number of hydrogen-bond donors (Lipinski definition) is 1. The van der Waals surface area contributed by atoms with E-state index in [1.165, 1.54) is 16.5 Å². The van der Waals surface area contributed by atoms with Gasteiger partial charge in [0.25, 0.3) is 0 Å². The predicted octanol–water partition coefficient (Wildman–Crippen LogP) is 1.92. The van der Waals surface area contributed by atoms with Gasteiger partial charge in [-0.05, 0) is 49.2 Å². The number of aryl methyl sites for hydroxylation is 1. The van der Waals surface area contributed by atoms with Crippen LogP contribution < -0.4 is 5.73 Å². The van der Waals surface area contributed by atoms with Gasteiger partial charge in [-0.1, -0.05) is 6.07 Å². The molecule has 1 saturated heterocycles. The molecule has 1 aliphatic heterocycles. The van der Waals surface area contributed by atoms with Gasteiger partial charge < -0.3 is 15.2 Å². The Labute approximate surface area is 108 Å². The number of nitrogens with two attached hydrogens (primary N) is 1. The number of rotatable bonds is 1. The molecule has 2 N–H and O–H groups in total. The van der Waals surface area contributed by atoms with Crippen molar-refractivity contribution in [3.63, 3.8) is 0 Å². The summed E-state index contributed by atoms with van der Waals surface area (Å²) in [6.07, 6.45) is 3.28. The molecule has 1 aromatic carbocycles. The van der Waals surface area contributed by atoms with E-state index in [9.17, 15) is 0 Å². The van der Waals surface area contributed by atoms with E-state index in [4.69, 9.17) is 5.73 Å². The van der Waals surface area contributed by atoms with Crippen LogP contribution in [0.5, 0.6) is 0 Å². The number of hydrogen-bond acceptors (Lipinski definition) is 2. The molecule has 18 heavy (non-hydrogen) atoms. The van der Waals surface area contributed by atoms with E-state index < -0.39 is 0 Å². The van der Waals surface area contributed by atoms with Gasteiger partial charge in [0.1, 0.15) is 0 Å². The van der Waals surface area contributed by atoms with Crippen molar-refractivity contribution in [1.82, 2.24) is 9.47 Å². The normalized spacial score (nSPS) is 25.7. The molecule has 2 unspecified atom stereocenters. The molecule has 0 amide bonds. The van der Waals surface area contributed by atoms with Crippen molar-refractivity contribution < 1.29 is 0 Å². The van der Waals surface area contributed by atoms with Crippen LogP contribution in [0.4, 0.5) is 0 Å². The topological polar surface area (TPSA) is 34.2 Å². The fraction of sp³-hybridized carbons (Fsp3) is 0.467. The third-order valence-electron chi connectivity index (χ3n) is 4.20. The maximum Gasteiger partial charge on any atom is 0.0477 e. The largest absolute Gasteiger partial charge is 0.351 e. The van der Waals surface area contributed by atoms with Gasteiger partial charge in [0.2, 0.25) is 0 Å². The number of likely N-dealkylation sites (tertiary alicyclic amines) is 1. The Morgan fingerprint density at radius 1 is 1.22 bits per heavy atom. The van der Waals surface area contributed by atoms with Crippen molar-refractivity contribution >= 4 is 10.9 Å². The Bertz CT molecular complexity index is 558. The first-order chi connectivity index (χ1) is 8.65. The van der Waals surface area contributed by atoms with Gasteiger partial charge >= 0.3 is 0 Å². The summed E-state index contributed by atoms with van der Waals surface area (Å²) in [5, 5.41) is 1.32. The van der Waals surface area contributed by atoms with Crippen LogP contribution >= 0.6 is 0 Å². The molecule has 2 atom stereocenters. The number of nitrogens with zero attached hydrogens (tertiary/aromatic N) is 2. The first-order valence-corrected chi connectivity index (χ1v) is 6.64. The monoisotopic (exact) mass is 243 g/mol. The SMILES string of the molecule is CN1CCC(c2ccc3c(ccn3C)c2)C(N)C1. The van der Waals surface area contributed by atoms with Crippen molar-refractivity contribution in [1.29, 1.82) is 0 Å². The van der Waals surface area contributed by atoms with E-state index in [2.05, 4.69) is 54.0 Å². The number of piperidine rings is 1. The zero-order chi connectivity index (χ0) is 12.7. The molecule has 96 valence electrons. The van der Waals surface area contributed by atoms with Gasteiger partial charge in [-0.3, -0.25) is 0 Å². The number of fused-ring (bicyclic) bond motifs is 1. The van der Waals surface area contributed by atoms with Crippen LogP contribution in [-0.4, -0.2) is 35.6 Å². The second-order valence-electron chi connectivity index (χ2n) is 5.57. The first-order valence-electron chi connectivity index (χ1n) is 6.64. The lowest BCUT2D eigenvalue weighted by Gasteiger charge is -2.34. The Hall–Kier alpha value is -1.32. The van der Waals surface area contributed by atoms with Crippen molar-refractivity contribution in [3.05, 3.63) is 36.0 Å². The molecule has 1 aromatic heterocycles. The van der Waals surface area contributed by atoms with Crippen LogP contribution in [-0.2, 0) is 7.05 Å². The standard InChI is InChI=1S/C15H21N3/c1-17-7-6-13(14(16)10-17)11-3-4-15-12(9-11)5-8-18(15)2/h3-5,8-9,13-14H,6-7,10,16H2,1-2H3. The summed E-state index contributed by atoms with van der Waals surface area (Å²) >= 11 is 0. The Balaban J connectivity index is 1.94. The zero-order valence-corrected chi connectivity index (χ0v) is 11.1. The first kappa shape index (κ1) is 11.8. The van der Waals surface area contributed by atoms with Crippen molar-refractivity contribution in [2.75, 3.05) is 20.1 Å². The van der Waals surface area contributed by atoms with E-state index in [1.807, 2.05) is 0 Å². The second-order valence-corrected chi connectivity index (χ2v) is 5.57. The molecular weight excluding hydrogens is 222 g/mol. The number of aromatic nitrogens is 1. The van der Waals surface area contributed by atoms with Crippen molar-refractivity contribution in [2.45, 2.75) is 18.4 Å². The molecular formula is C15H21N3. The number of likely N-dealkylation sites (N-methyl/N-ethyl adjacent to an activating group) is 1. The minimum absolute atomic E-state index is 0.255. The highest BCUT2D eigenvalue weighted by molar-refractivity contribution is 5.80. The number of benzene rings is 1. The zero-order valence-electron chi connectivity index (χ0n) is 11.1. The van der Waals surface area contributed by atoms with Crippen LogP contribution in [0.1, 0.15) is 17.9 Å². The van der Waals surface area contributed by atoms with Crippen LogP contribution in [0.15, 0.2) is 30.5 Å². The van der Waals surface area contributed by atoms with Crippen LogP contribution in [0.2, 0.25) is 0 Å². The highest BCUT2D eigenvalue weighted by atomic mass is 15.1. The summed E-state index contributed by atoms with van der Waals surface area (Å²) in [4.78, 5) is 2.32. The molecule has 0 spiro atoms. The molecule has 3 rings (SSSR count). The van der Waals surface area contributed by atoms with Gasteiger partial charge in [0, 0.05) is 37.3 Å². The molecule has 3 heteroatoms. The molecule has 0 bridgehead atoms. The molecule has 2 heterocycles. The molecule has 0 saturated carbocycles. The minimum Gasteiger partial charge on any atom is -0.351 e. The van der Waals surface area contributed by atoms with Gasteiger partial charge in [0.15, 0.2) is 0 Å². The van der Waals surface area contributed by atoms with Crippen molar-refractivity contribution in [3.8, 4) is 0 Å². The smallest absolute Gasteiger partial charge is 0.0477 e. The molecule has 0 radical (unpaired) electrons. The molecule has 1 fully saturated rings. The maximum absolute atomic E-state index is 6.30. The average molecular weight is 243 g/mol. The van der Waals surface area contributed by atoms with E-state index in [0.717, 1.165) is 19.5 Å². The average Bonchev–Trinajstić information content (AvgIpc) is 2.71. The summed E-state index contributed by atoms with van der Waals surface area (Å²) in [6, 6.07) is 9.21. The minimum atomic E-state index is 0.255. The van der Waals surface area contributed by atoms with Gasteiger partial charge in [-0.2, -0.15) is 0 Å². The van der Waals surface area contributed by atoms with Crippen molar-refractivity contribution in [2.24, 2.45) is 12.8 Å². The molecule has 3 nitrogen and oxygen atoms in total. The third kappa shape index (κ3) is 1.93. The summed E-state index contributed by atoms with van der Waals surface area (Å²) in [5.41, 5.74) is 8.99. The third-order valence-corrected chi connectivity index (χ3v) is 4.20. The maximum atomic E-state index is 6.30. The fourth-order valence-electron chi connectivity index (χ4n) is 3.10. The Morgan fingerprint density at radius 3 is 2.83 bits per heavy atom. The summed E-state index contributed by atoms with van der Waals surface area (Å²) in [7, 11) is 4.24. The van der Waals surface area contributed by atoms with Gasteiger partial charge in [0.05, 0.1) is 0 Å². The highest BCUT2D eigenvalue weighted by Crippen LogP contribution is 2.29. The lowest BCUT2D eigenvalue weighted by atomic mass is 9.85. The second kappa shape index (κ2) is 4.41. The molecule has 0 aliphatic carbocycles. The van der Waals surface area contributed by atoms with Crippen LogP contribution in [0.3, 0.4) is 0 Å². The summed E-state index contributed by atoms with van der Waals surface area (Å²) < 4.78 is 2.16. The van der Waals surface area contributed by atoms with Gasteiger partial charge in [-0.25, -0.2) is 0 Å². The molecule has 2 aromatic rings. The van der Waals surface area contributed by atoms with E-state index >= 15 is 0 Å². The quantitative estimate of drug-likeness (QED) is 0.830. The predicted molar refractivity (Wildman–Crippen MR) is 75.7 cm³/mol. The van der Waals surface area contributed by atoms with E-state index in [1.54, 1.807) is 0 Å². The van der Waals surface area contributed by atoms with Crippen LogP contribution in [0, 0.1) is 0 Å². The van der Waals surface area contributed by atoms with E-state index in [0.29, 0.717) is 5.92 Å². The fourth-order valence-corrected chi connectivity index (χ4v) is 3.10. The van der Waals surface area contributed by atoms with Gasteiger partial charge in [-0.15, -0.1) is 0 Å². The summed E-state index contributed by atoms with van der Waals surface area (Å²) in [6.45, 7) is 2.14. The lowest BCUT2D eigenvalue weighted by molar-refractivity contribution is 0.228. The summed E-state index contributed by atoms with van der Waals surface area (Å²) in [5.74, 6) is 0.505. The van der Waals surface area contributed by atoms with E-state index in [-0.39, 0.29) is 6.04 Å². The Morgan fingerprint density at radius 2 is 2.06 bits per heavy atom. The Kier molecular flexibility index (Phi) is 2.88.